The number of ether oxygens (including phenoxy) is 5. The first-order valence-electron chi connectivity index (χ1n) is 11.7. The summed E-state index contributed by atoms with van der Waals surface area (Å²) in [5, 5.41) is 0.374. The van der Waals surface area contributed by atoms with E-state index in [9.17, 15) is 9.59 Å². The van der Waals surface area contributed by atoms with E-state index in [2.05, 4.69) is 4.98 Å². The number of carbonyl (C=O) groups excluding carboxylic acids is 2. The molecule has 190 valence electrons. The van der Waals surface area contributed by atoms with Gasteiger partial charge in [-0.25, -0.2) is 4.98 Å². The van der Waals surface area contributed by atoms with Gasteiger partial charge in [0.2, 0.25) is 0 Å². The largest absolute Gasteiger partial charge is 0.456 e. The van der Waals surface area contributed by atoms with Crippen molar-refractivity contribution >= 4 is 34.6 Å². The molecule has 5 rings (SSSR count). The van der Waals surface area contributed by atoms with E-state index >= 15 is 0 Å². The van der Waals surface area contributed by atoms with E-state index in [-0.39, 0.29) is 25.2 Å². The maximum absolute atomic E-state index is 12.7. The molecule has 0 aliphatic carbocycles. The first-order valence-corrected chi connectivity index (χ1v) is 12.6. The number of methoxy groups -OCH3 is 1. The van der Waals surface area contributed by atoms with Crippen molar-refractivity contribution in [1.82, 2.24) is 4.98 Å². The molecule has 2 aliphatic rings. The summed E-state index contributed by atoms with van der Waals surface area (Å²) in [5.41, 5.74) is 1.51. The van der Waals surface area contributed by atoms with Gasteiger partial charge < -0.3 is 32.9 Å². The van der Waals surface area contributed by atoms with Crippen molar-refractivity contribution in [1.29, 1.82) is 0 Å². The van der Waals surface area contributed by atoms with Crippen LogP contribution in [0.25, 0.3) is 11.1 Å². The summed E-state index contributed by atoms with van der Waals surface area (Å²) in [5.74, 6) is -0.611. The number of hydrogen-bond donors (Lipinski definition) is 0. The number of thioether (sulfide) groups is 1. The van der Waals surface area contributed by atoms with Crippen molar-refractivity contribution < 1.29 is 37.7 Å². The molecule has 1 unspecified atom stereocenters. The number of esters is 1. The van der Waals surface area contributed by atoms with Crippen molar-refractivity contribution in [3.05, 3.63) is 60.2 Å². The molecule has 0 radical (unpaired) electrons. The lowest BCUT2D eigenvalue weighted by atomic mass is 9.98. The first-order chi connectivity index (χ1) is 17.5. The maximum Gasteiger partial charge on any atom is 0.306 e. The highest BCUT2D eigenvalue weighted by Gasteiger charge is 2.52. The van der Waals surface area contributed by atoms with Gasteiger partial charge in [-0.1, -0.05) is 42.5 Å². The zero-order valence-electron chi connectivity index (χ0n) is 19.9. The predicted octanol–water partition coefficient (Wildman–Crippen LogP) is 4.06. The van der Waals surface area contributed by atoms with Crippen molar-refractivity contribution in [2.24, 2.45) is 0 Å². The fourth-order valence-electron chi connectivity index (χ4n) is 4.30. The summed E-state index contributed by atoms with van der Waals surface area (Å²) in [6, 6.07) is 17.0. The topological polar surface area (TPSA) is 106 Å². The first kappa shape index (κ1) is 24.9. The molecule has 3 heterocycles. The number of para-hydroxylation sites is 2. The minimum atomic E-state index is -0.842. The zero-order chi connectivity index (χ0) is 25.1. The smallest absolute Gasteiger partial charge is 0.306 e. The highest BCUT2D eigenvalue weighted by Crippen LogP contribution is 2.41. The molecule has 3 aromatic rings. The van der Waals surface area contributed by atoms with Crippen LogP contribution in [0.3, 0.4) is 0 Å². The Morgan fingerprint density at radius 1 is 1.03 bits per heavy atom. The number of hydrogen-bond acceptors (Lipinski definition) is 10. The van der Waals surface area contributed by atoms with Crippen molar-refractivity contribution in [3.63, 3.8) is 0 Å². The Bertz CT molecular complexity index is 1170. The SMILES string of the molecule is CO[C@@H]1[C@@H](OC(=O)CCC(C)=O)[C@H](Sc2nc3ccccc3o2)O[C@@H]2COC(c3ccccc3)O[C@@H]12. The van der Waals surface area contributed by atoms with Crippen LogP contribution in [0, 0.1) is 0 Å². The van der Waals surface area contributed by atoms with Gasteiger partial charge in [-0.05, 0) is 30.8 Å². The molecule has 0 amide bonds. The Labute approximate surface area is 212 Å². The van der Waals surface area contributed by atoms with Gasteiger partial charge >= 0.3 is 5.97 Å². The lowest BCUT2D eigenvalue weighted by Gasteiger charge is -2.48. The Kier molecular flexibility index (Phi) is 7.68. The molecule has 0 saturated carbocycles. The molecular formula is C26H27NO8S. The van der Waals surface area contributed by atoms with Gasteiger partial charge in [-0.3, -0.25) is 4.79 Å². The second-order valence-electron chi connectivity index (χ2n) is 8.64. The van der Waals surface area contributed by atoms with Gasteiger partial charge in [0.1, 0.15) is 29.6 Å². The lowest BCUT2D eigenvalue weighted by molar-refractivity contribution is -0.322. The third-order valence-electron chi connectivity index (χ3n) is 6.07. The molecule has 2 saturated heterocycles. The molecule has 2 aliphatic heterocycles. The molecule has 2 fully saturated rings. The fraction of sp³-hybridized carbons (Fsp3) is 0.423. The number of nitrogens with zero attached hydrogens (tertiary/aromatic N) is 1. The number of ketones is 1. The van der Waals surface area contributed by atoms with Gasteiger partial charge in [-0.2, -0.15) is 0 Å². The van der Waals surface area contributed by atoms with Crippen LogP contribution in [-0.4, -0.2) is 60.3 Å². The van der Waals surface area contributed by atoms with Crippen LogP contribution in [0.4, 0.5) is 0 Å². The number of benzene rings is 2. The van der Waals surface area contributed by atoms with Crippen molar-refractivity contribution in [2.45, 2.75) is 61.1 Å². The molecule has 0 spiro atoms. The average Bonchev–Trinajstić information content (AvgIpc) is 3.30. The van der Waals surface area contributed by atoms with E-state index in [0.29, 0.717) is 16.3 Å². The van der Waals surface area contributed by atoms with Gasteiger partial charge in [0, 0.05) is 19.1 Å². The highest BCUT2D eigenvalue weighted by molar-refractivity contribution is 7.99. The molecule has 2 aromatic carbocycles. The summed E-state index contributed by atoms with van der Waals surface area (Å²) < 4.78 is 36.1. The third kappa shape index (κ3) is 5.47. The van der Waals surface area contributed by atoms with E-state index in [4.69, 9.17) is 28.1 Å². The second-order valence-corrected chi connectivity index (χ2v) is 9.69. The van der Waals surface area contributed by atoms with Crippen LogP contribution in [0.5, 0.6) is 0 Å². The number of oxazole rings is 1. The van der Waals surface area contributed by atoms with Crippen LogP contribution in [-0.2, 0) is 33.3 Å². The monoisotopic (exact) mass is 513 g/mol. The van der Waals surface area contributed by atoms with Crippen LogP contribution >= 0.6 is 11.8 Å². The van der Waals surface area contributed by atoms with Crippen molar-refractivity contribution in [3.8, 4) is 0 Å². The third-order valence-corrected chi connectivity index (χ3v) is 7.06. The maximum atomic E-state index is 12.7. The van der Waals surface area contributed by atoms with Gasteiger partial charge in [0.25, 0.3) is 5.22 Å². The molecule has 0 bridgehead atoms. The average molecular weight is 514 g/mol. The summed E-state index contributed by atoms with van der Waals surface area (Å²) in [6.45, 7) is 1.70. The van der Waals surface area contributed by atoms with E-state index in [1.807, 2.05) is 54.6 Å². The fourth-order valence-corrected chi connectivity index (χ4v) is 5.33. The summed E-state index contributed by atoms with van der Waals surface area (Å²) >= 11 is 1.20. The number of aromatic nitrogens is 1. The Morgan fingerprint density at radius 3 is 2.56 bits per heavy atom. The summed E-state index contributed by atoms with van der Waals surface area (Å²) in [7, 11) is 1.54. The van der Waals surface area contributed by atoms with Crippen molar-refractivity contribution in [2.75, 3.05) is 13.7 Å². The van der Waals surface area contributed by atoms with E-state index in [0.717, 1.165) is 5.56 Å². The van der Waals surface area contributed by atoms with E-state index in [1.165, 1.54) is 18.7 Å². The molecule has 1 aromatic heterocycles. The molecule has 36 heavy (non-hydrogen) atoms. The summed E-state index contributed by atoms with van der Waals surface area (Å²) in [6.07, 6.45) is -3.06. The molecule has 0 N–H and O–H groups in total. The second kappa shape index (κ2) is 11.1. The van der Waals surface area contributed by atoms with Crippen LogP contribution in [0.2, 0.25) is 0 Å². The Morgan fingerprint density at radius 2 is 1.81 bits per heavy atom. The predicted molar refractivity (Wildman–Crippen MR) is 129 cm³/mol. The number of rotatable bonds is 8. The Hall–Kier alpha value is -2.76. The minimum absolute atomic E-state index is 0.0345. The molecule has 6 atom stereocenters. The quantitative estimate of drug-likeness (QED) is 0.410. The minimum Gasteiger partial charge on any atom is -0.456 e. The van der Waals surface area contributed by atoms with Gasteiger partial charge in [0.15, 0.2) is 23.4 Å². The van der Waals surface area contributed by atoms with E-state index < -0.39 is 42.1 Å². The van der Waals surface area contributed by atoms with E-state index in [1.54, 1.807) is 7.11 Å². The van der Waals surface area contributed by atoms with Gasteiger partial charge in [-0.15, -0.1) is 0 Å². The lowest BCUT2D eigenvalue weighted by Crippen LogP contribution is -2.62. The van der Waals surface area contributed by atoms with Crippen LogP contribution in [0.1, 0.15) is 31.6 Å². The zero-order valence-corrected chi connectivity index (χ0v) is 20.7. The molecule has 9 nitrogen and oxygen atoms in total. The Balaban J connectivity index is 1.39. The summed E-state index contributed by atoms with van der Waals surface area (Å²) in [4.78, 5) is 28.6. The van der Waals surface area contributed by atoms with Gasteiger partial charge in [0.05, 0.1) is 13.0 Å². The normalized spacial score (nSPS) is 27.9. The highest BCUT2D eigenvalue weighted by atomic mass is 32.2. The standard InChI is InChI=1S/C26H27NO8S/c1-15(28)12-13-20(29)34-23-22(30-2)21-19(14-31-24(35-21)16-8-4-3-5-9-16)32-25(23)36-26-27-17-10-6-7-11-18(17)33-26/h3-11,19,21-25H,12-14H2,1-2H3/t19-,21-,22+,23-,24?,25+/m1/s1. The number of fused-ring (bicyclic) bond motifs is 2. The molecular weight excluding hydrogens is 486 g/mol. The van der Waals surface area contributed by atoms with Crippen LogP contribution < -0.4 is 0 Å². The molecule has 10 heteroatoms. The number of carbonyl (C=O) groups is 2. The number of Topliss-reactive ketones (excluding diaryl/α,β-unsaturated/α-hetero) is 1. The van der Waals surface area contributed by atoms with Crippen LogP contribution in [0.15, 0.2) is 64.2 Å².